The van der Waals surface area contributed by atoms with Gasteiger partial charge in [-0.15, -0.1) is 0 Å². The van der Waals surface area contributed by atoms with Crippen LogP contribution in [0.2, 0.25) is 0 Å². The quantitative estimate of drug-likeness (QED) is 0.0598. The molecule has 4 amide bonds. The van der Waals surface area contributed by atoms with Gasteiger partial charge in [0.1, 0.15) is 23.8 Å². The number of esters is 1. The van der Waals surface area contributed by atoms with Crippen LogP contribution in [0.1, 0.15) is 133 Å². The second-order valence-corrected chi connectivity index (χ2v) is 19.3. The van der Waals surface area contributed by atoms with E-state index in [2.05, 4.69) is 69.4 Å². The number of nitrogens with one attached hydrogen (secondary N) is 3. The third kappa shape index (κ3) is 16.4. The molecule has 2 saturated heterocycles. The van der Waals surface area contributed by atoms with E-state index in [1.54, 1.807) is 18.7 Å². The largest absolute Gasteiger partial charge is 0.461 e. The summed E-state index contributed by atoms with van der Waals surface area (Å²) >= 11 is 0. The molecule has 2 aliphatic rings. The normalized spacial score (nSPS) is 19.9. The number of hydrogen-bond donors (Lipinski definition) is 3. The Bertz CT molecular complexity index is 1550. The van der Waals surface area contributed by atoms with Crippen molar-refractivity contribution >= 4 is 30.0 Å². The van der Waals surface area contributed by atoms with Crippen LogP contribution in [-0.2, 0) is 35.0 Å². The first-order valence-electron chi connectivity index (χ1n) is 21.7. The molecule has 0 radical (unpaired) electrons. The van der Waals surface area contributed by atoms with Crippen LogP contribution in [0.5, 0.6) is 0 Å². The van der Waals surface area contributed by atoms with Gasteiger partial charge < -0.3 is 35.1 Å². The SMILES string of the molecule is CC(C)C[C@@H](/C=C/[C@H](Cc1ccccc1)C(=O)N1CCC[C@H]1C(=O)N[C@H](CCCCNC(=O)OC1CC(C)(C)N(C)C(C)(C)C1)C(=O)OC(C)C)NC(=O)OC(C)(C)C. The fraction of sp³-hybridized carbons (Fsp3) is 0.717. The number of likely N-dealkylation sites (tertiary alicyclic amines) is 2. The third-order valence-corrected chi connectivity index (χ3v) is 11.1. The van der Waals surface area contributed by atoms with Crippen molar-refractivity contribution in [2.75, 3.05) is 20.1 Å². The lowest BCUT2D eigenvalue weighted by molar-refractivity contribution is -0.152. The highest BCUT2D eigenvalue weighted by Crippen LogP contribution is 2.38. The summed E-state index contributed by atoms with van der Waals surface area (Å²) in [6.45, 7) is 22.4. The number of rotatable bonds is 18. The Hall–Kier alpha value is -4.13. The van der Waals surface area contributed by atoms with Crippen molar-refractivity contribution in [1.29, 1.82) is 0 Å². The number of alkyl carbamates (subject to hydrolysis) is 2. The van der Waals surface area contributed by atoms with Crippen LogP contribution >= 0.6 is 0 Å². The molecule has 0 spiro atoms. The van der Waals surface area contributed by atoms with Crippen molar-refractivity contribution in [3.05, 3.63) is 48.0 Å². The number of unbranched alkanes of at least 4 members (excludes halogenated alkanes) is 1. The summed E-state index contributed by atoms with van der Waals surface area (Å²) in [6, 6.07) is 7.64. The molecule has 3 rings (SSSR count). The lowest BCUT2D eigenvalue weighted by Gasteiger charge is -2.53. The lowest BCUT2D eigenvalue weighted by Crippen LogP contribution is -2.60. The molecule has 1 aromatic rings. The summed E-state index contributed by atoms with van der Waals surface area (Å²) in [5.74, 6) is -1.50. The van der Waals surface area contributed by atoms with Crippen molar-refractivity contribution in [2.24, 2.45) is 11.8 Å². The topological polar surface area (TPSA) is 156 Å². The zero-order chi connectivity index (χ0) is 44.1. The first kappa shape index (κ1) is 49.2. The molecule has 332 valence electrons. The maximum absolute atomic E-state index is 14.4. The van der Waals surface area contributed by atoms with Gasteiger partial charge in [0.05, 0.1) is 18.1 Å². The van der Waals surface area contributed by atoms with Crippen LogP contribution in [0.4, 0.5) is 9.59 Å². The average molecular weight is 826 g/mol. The summed E-state index contributed by atoms with van der Waals surface area (Å²) in [7, 11) is 2.10. The van der Waals surface area contributed by atoms with Crippen LogP contribution in [0.25, 0.3) is 0 Å². The van der Waals surface area contributed by atoms with E-state index >= 15 is 0 Å². The molecule has 4 atom stereocenters. The summed E-state index contributed by atoms with van der Waals surface area (Å²) in [4.78, 5) is 71.1. The van der Waals surface area contributed by atoms with Gasteiger partial charge in [0, 0.05) is 37.0 Å². The molecule has 3 N–H and O–H groups in total. The number of piperidine rings is 1. The monoisotopic (exact) mass is 826 g/mol. The molecule has 0 saturated carbocycles. The maximum Gasteiger partial charge on any atom is 0.408 e. The molecular weight excluding hydrogens is 751 g/mol. The Labute approximate surface area is 354 Å². The van der Waals surface area contributed by atoms with Crippen molar-refractivity contribution in [2.45, 2.75) is 181 Å². The predicted molar refractivity (Wildman–Crippen MR) is 231 cm³/mol. The van der Waals surface area contributed by atoms with Crippen LogP contribution < -0.4 is 16.0 Å². The van der Waals surface area contributed by atoms with Crippen LogP contribution in [0.3, 0.4) is 0 Å². The van der Waals surface area contributed by atoms with Gasteiger partial charge in [-0.1, -0.05) is 56.3 Å². The molecule has 13 nitrogen and oxygen atoms in total. The number of benzene rings is 1. The van der Waals surface area contributed by atoms with E-state index in [1.165, 1.54) is 0 Å². The number of hydrogen-bond acceptors (Lipinski definition) is 9. The van der Waals surface area contributed by atoms with E-state index < -0.39 is 47.7 Å². The van der Waals surface area contributed by atoms with Crippen LogP contribution in [-0.4, -0.2) is 107 Å². The minimum absolute atomic E-state index is 0.112. The Morgan fingerprint density at radius 3 is 2.14 bits per heavy atom. The van der Waals surface area contributed by atoms with E-state index in [9.17, 15) is 24.0 Å². The molecule has 0 aromatic heterocycles. The Morgan fingerprint density at radius 1 is 0.898 bits per heavy atom. The van der Waals surface area contributed by atoms with Gasteiger partial charge in [-0.2, -0.15) is 0 Å². The average Bonchev–Trinajstić information content (AvgIpc) is 3.60. The molecule has 2 fully saturated rings. The lowest BCUT2D eigenvalue weighted by atomic mass is 9.79. The molecule has 1 aromatic carbocycles. The molecule has 2 heterocycles. The first-order valence-corrected chi connectivity index (χ1v) is 21.7. The van der Waals surface area contributed by atoms with E-state index in [-0.39, 0.29) is 41.2 Å². The molecular formula is C46H75N5O8. The molecule has 2 aliphatic heterocycles. The second kappa shape index (κ2) is 21.9. The predicted octanol–water partition coefficient (Wildman–Crippen LogP) is 7.32. The highest BCUT2D eigenvalue weighted by atomic mass is 16.6. The standard InChI is InChI=1S/C46H75N5O8/c1-31(2)27-35(48-43(56)59-44(5,6)7)24-23-34(28-33-19-14-13-15-20-33)40(53)51-26-18-22-38(51)39(52)49-37(41(54)57-32(3)4)21-16-17-25-47-42(55)58-36-29-45(8,9)50(12)46(10,11)30-36/h13-15,19-20,23-24,31-32,34-38H,16-18,21-22,25-30H2,1-12H3,(H,47,55)(H,48,56)(H,49,52)/b24-23+/t34-,35-,37-,38+/m1/s1. The fourth-order valence-electron chi connectivity index (χ4n) is 8.09. The fourth-order valence-corrected chi connectivity index (χ4v) is 8.09. The van der Waals surface area contributed by atoms with Gasteiger partial charge in [0.15, 0.2) is 0 Å². The van der Waals surface area contributed by atoms with Gasteiger partial charge in [0.2, 0.25) is 11.8 Å². The highest BCUT2D eigenvalue weighted by Gasteiger charge is 2.44. The molecule has 13 heteroatoms. The van der Waals surface area contributed by atoms with Crippen molar-refractivity contribution in [1.82, 2.24) is 25.8 Å². The maximum atomic E-state index is 14.4. The van der Waals surface area contributed by atoms with Crippen LogP contribution in [0.15, 0.2) is 42.5 Å². The Morgan fingerprint density at radius 2 is 1.54 bits per heavy atom. The third-order valence-electron chi connectivity index (χ3n) is 11.1. The van der Waals surface area contributed by atoms with E-state index in [4.69, 9.17) is 14.2 Å². The highest BCUT2D eigenvalue weighted by molar-refractivity contribution is 5.92. The molecule has 59 heavy (non-hydrogen) atoms. The summed E-state index contributed by atoms with van der Waals surface area (Å²) in [6.07, 6.45) is 7.13. The van der Waals surface area contributed by atoms with E-state index in [0.717, 1.165) is 18.4 Å². The number of amides is 4. The number of carbonyl (C=O) groups excluding carboxylic acids is 5. The van der Waals surface area contributed by atoms with Gasteiger partial charge in [-0.05, 0) is 126 Å². The minimum atomic E-state index is -0.922. The Balaban J connectivity index is 1.68. The Kier molecular flexibility index (Phi) is 18.3. The van der Waals surface area contributed by atoms with Gasteiger partial charge in [-0.3, -0.25) is 14.5 Å². The number of ether oxygens (including phenoxy) is 3. The second-order valence-electron chi connectivity index (χ2n) is 19.3. The molecule has 0 aliphatic carbocycles. The van der Waals surface area contributed by atoms with Crippen molar-refractivity contribution < 1.29 is 38.2 Å². The van der Waals surface area contributed by atoms with E-state index in [1.807, 2.05) is 63.3 Å². The van der Waals surface area contributed by atoms with Crippen molar-refractivity contribution in [3.63, 3.8) is 0 Å². The van der Waals surface area contributed by atoms with Gasteiger partial charge >= 0.3 is 18.2 Å². The molecule has 0 bridgehead atoms. The summed E-state index contributed by atoms with van der Waals surface area (Å²) < 4.78 is 16.9. The minimum Gasteiger partial charge on any atom is -0.461 e. The number of carbonyl (C=O) groups is 5. The van der Waals surface area contributed by atoms with Gasteiger partial charge in [0.25, 0.3) is 0 Å². The number of nitrogens with zero attached hydrogens (tertiary/aromatic N) is 2. The van der Waals surface area contributed by atoms with E-state index in [0.29, 0.717) is 58.0 Å². The van der Waals surface area contributed by atoms with Gasteiger partial charge in [-0.25, -0.2) is 14.4 Å². The molecule has 0 unspecified atom stereocenters. The summed E-state index contributed by atoms with van der Waals surface area (Å²) in [5.41, 5.74) is 0.0799. The zero-order valence-corrected chi connectivity index (χ0v) is 38.0. The first-order chi connectivity index (χ1) is 27.5. The zero-order valence-electron chi connectivity index (χ0n) is 38.0. The van der Waals surface area contributed by atoms with Crippen molar-refractivity contribution in [3.8, 4) is 0 Å². The van der Waals surface area contributed by atoms with Crippen LogP contribution in [0, 0.1) is 11.8 Å². The smallest absolute Gasteiger partial charge is 0.408 e. The summed E-state index contributed by atoms with van der Waals surface area (Å²) in [5, 5.41) is 8.72.